The van der Waals surface area contributed by atoms with E-state index in [4.69, 9.17) is 9.47 Å². The summed E-state index contributed by atoms with van der Waals surface area (Å²) in [6.07, 6.45) is -16.0. The molecule has 9 fully saturated rings. The lowest BCUT2D eigenvalue weighted by Gasteiger charge is -2.47. The van der Waals surface area contributed by atoms with E-state index in [0.717, 1.165) is 9.80 Å². The first-order chi connectivity index (χ1) is 52.7. The fourth-order valence-electron chi connectivity index (χ4n) is 18.7. The number of nitrogens with zero attached hydrogens (tertiary/aromatic N) is 9. The molecule has 4 saturated carbocycles. The average molecular weight is 1600 g/mol. The van der Waals surface area contributed by atoms with E-state index >= 15 is 61.5 Å². The number of ether oxygens (including phenoxy) is 2. The summed E-state index contributed by atoms with van der Waals surface area (Å²) in [5.41, 5.74) is -1.70. The molecule has 2 bridgehead atoms. The maximum atomic E-state index is 15.8. The first kappa shape index (κ1) is 88.9. The van der Waals surface area contributed by atoms with Gasteiger partial charge >= 0.3 is 12.4 Å². The lowest BCUT2D eigenvalue weighted by Crippen LogP contribution is -2.68. The van der Waals surface area contributed by atoms with Crippen LogP contribution < -0.4 is 16.0 Å². The minimum absolute atomic E-state index is 0.00917. The molecule has 112 heavy (non-hydrogen) atoms. The molecule has 12 amide bonds. The highest BCUT2D eigenvalue weighted by molar-refractivity contribution is 6.01. The van der Waals surface area contributed by atoms with Crippen molar-refractivity contribution >= 4 is 70.9 Å². The molecule has 0 radical (unpaired) electrons. The third-order valence-corrected chi connectivity index (χ3v) is 26.0. The Bertz CT molecular complexity index is 3360. The zero-order chi connectivity index (χ0) is 82.3. The predicted octanol–water partition coefficient (Wildman–Crippen LogP) is 6.34. The van der Waals surface area contributed by atoms with Crippen LogP contribution in [0.3, 0.4) is 0 Å². The van der Waals surface area contributed by atoms with Gasteiger partial charge in [0.15, 0.2) is 0 Å². The van der Waals surface area contributed by atoms with Crippen LogP contribution in [0, 0.1) is 47.3 Å². The fraction of sp³-hybridized carbons (Fsp3) is 0.846. The quantitative estimate of drug-likeness (QED) is 0.170. The molecule has 1 spiro atoms. The number of hydrogen-bond acceptors (Lipinski definition) is 14. The Hall–Kier alpha value is -7.00. The van der Waals surface area contributed by atoms with E-state index in [1.54, 1.807) is 13.8 Å². The van der Waals surface area contributed by atoms with Crippen LogP contribution in [0.2, 0.25) is 0 Å². The molecule has 5 saturated heterocycles. The van der Waals surface area contributed by atoms with Crippen LogP contribution >= 0.6 is 0 Å². The topological polar surface area (TPSA) is 289 Å². The number of morpholine rings is 1. The van der Waals surface area contributed by atoms with Crippen molar-refractivity contribution in [3.63, 3.8) is 0 Å². The minimum atomic E-state index is -5.22. The monoisotopic (exact) mass is 1600 g/mol. The van der Waals surface area contributed by atoms with Crippen LogP contribution in [0.15, 0.2) is 0 Å². The van der Waals surface area contributed by atoms with E-state index in [2.05, 4.69) is 16.0 Å². The van der Waals surface area contributed by atoms with Gasteiger partial charge in [-0.2, -0.15) is 26.3 Å². The number of carbonyl (C=O) groups is 12. The molecule has 3 N–H and O–H groups in total. The summed E-state index contributed by atoms with van der Waals surface area (Å²) >= 11 is 0. The molecule has 14 atom stereocenters. The van der Waals surface area contributed by atoms with E-state index in [-0.39, 0.29) is 148 Å². The van der Waals surface area contributed by atoms with Crippen LogP contribution in [-0.2, 0) is 67.0 Å². The van der Waals surface area contributed by atoms with Crippen LogP contribution in [-0.4, -0.2) is 300 Å². The summed E-state index contributed by atoms with van der Waals surface area (Å²) < 4.78 is 127. The zero-order valence-electron chi connectivity index (χ0n) is 66.9. The Morgan fingerprint density at radius 2 is 1.24 bits per heavy atom. The molecule has 0 aromatic rings. The van der Waals surface area contributed by atoms with Crippen molar-refractivity contribution < 1.29 is 102 Å². The summed E-state index contributed by atoms with van der Waals surface area (Å²) in [4.78, 5) is 195. The summed E-state index contributed by atoms with van der Waals surface area (Å²) in [5.74, 6) is -16.8. The van der Waals surface area contributed by atoms with Gasteiger partial charge in [-0.3, -0.25) is 57.5 Å². The van der Waals surface area contributed by atoms with Gasteiger partial charge in [0.2, 0.25) is 70.9 Å². The molecule has 0 aromatic carbocycles. The summed E-state index contributed by atoms with van der Waals surface area (Å²) in [6, 6.07) is -12.4. The molecular weight excluding hydrogens is 1480 g/mol. The Morgan fingerprint density at radius 1 is 0.607 bits per heavy atom. The summed E-state index contributed by atoms with van der Waals surface area (Å²) in [5, 5.41) is 8.53. The van der Waals surface area contributed by atoms with Gasteiger partial charge in [-0.1, -0.05) is 53.9 Å². The molecule has 9 aliphatic rings. The van der Waals surface area contributed by atoms with Crippen molar-refractivity contribution in [3.05, 3.63) is 0 Å². The summed E-state index contributed by atoms with van der Waals surface area (Å²) in [6.45, 7) is 10.2. The lowest BCUT2D eigenvalue weighted by atomic mass is 9.74. The van der Waals surface area contributed by atoms with Crippen molar-refractivity contribution in [3.8, 4) is 0 Å². The van der Waals surface area contributed by atoms with Crippen LogP contribution in [0.25, 0.3) is 0 Å². The van der Waals surface area contributed by atoms with E-state index in [0.29, 0.717) is 38.5 Å². The van der Waals surface area contributed by atoms with E-state index in [1.165, 1.54) is 69.5 Å². The molecule has 9 rings (SSSR count). The van der Waals surface area contributed by atoms with Crippen molar-refractivity contribution in [1.82, 2.24) is 60.0 Å². The number of nitrogens with one attached hydrogen (secondary N) is 3. The van der Waals surface area contributed by atoms with Crippen LogP contribution in [0.1, 0.15) is 189 Å². The highest BCUT2D eigenvalue weighted by atomic mass is 19.4. The Kier molecular flexibility index (Phi) is 30.0. The minimum Gasteiger partial charge on any atom is -0.378 e. The van der Waals surface area contributed by atoms with Gasteiger partial charge in [0, 0.05) is 81.0 Å². The lowest BCUT2D eigenvalue weighted by molar-refractivity contribution is -0.219. The van der Waals surface area contributed by atoms with Gasteiger partial charge in [0.05, 0.1) is 38.2 Å². The first-order valence-corrected chi connectivity index (χ1v) is 40.8. The largest absolute Gasteiger partial charge is 0.397 e. The molecule has 632 valence electrons. The number of fused-ring (bicyclic) bond motifs is 4. The molecule has 2 unspecified atom stereocenters. The zero-order valence-corrected chi connectivity index (χ0v) is 66.9. The molecule has 5 aliphatic heterocycles. The van der Waals surface area contributed by atoms with Gasteiger partial charge in [-0.05, 0) is 158 Å². The average Bonchev–Trinajstić information content (AvgIpc) is 1.14. The van der Waals surface area contributed by atoms with Gasteiger partial charge in [-0.25, -0.2) is 8.78 Å². The van der Waals surface area contributed by atoms with Gasteiger partial charge < -0.3 is 69.5 Å². The maximum Gasteiger partial charge on any atom is 0.397 e. The molecular formula is C78H120F8N12O14. The molecule has 34 heteroatoms. The Labute approximate surface area is 652 Å². The molecule has 5 heterocycles. The first-order valence-electron chi connectivity index (χ1n) is 40.8. The van der Waals surface area contributed by atoms with Crippen molar-refractivity contribution in [1.29, 1.82) is 0 Å². The van der Waals surface area contributed by atoms with Gasteiger partial charge in [0.25, 0.3) is 0 Å². The van der Waals surface area contributed by atoms with Crippen molar-refractivity contribution in [2.45, 2.75) is 280 Å². The standard InChI is InChI=1S/C78H120F8N12O14/c1-12-46(6)64-73(108)96-30-26-55(96)70(105)92(9)58-36-45(5)25-29-97(72(58)107)60(39-47-19-22-50(23-20-47)77(81,82)83)69(104)90(7)43-61(99)87-54(24-21-48-37-52(79)63(53(80)38-48)78(84,85)86)68(103)98-42-51(112-13-2)40-57(98)67(102)89-76(27-16-28-76)75(110)94(11)65(49-17-14-15-18-49)74(109)93(10)59(71(106)95-31-33-111-34-32-95)41-62(100)91(8)56(35-44(3)4)66(101)88-64/h44-60,63-65H,12-43H2,1-11H3,(H,87,99)(H,88,101)(H,89,102)/t45-,46-,47?,48?,50?,51+,52?,53?,54-,55-,56-,57-,58-,59-,60-,63?,64-,65-/m0/s1. The van der Waals surface area contributed by atoms with Gasteiger partial charge in [-0.15, -0.1) is 0 Å². The molecule has 0 aromatic heterocycles. The Balaban J connectivity index is 1.12. The molecule has 4 aliphatic carbocycles. The number of halogens is 8. The second-order valence-electron chi connectivity index (χ2n) is 34.1. The Morgan fingerprint density at radius 3 is 1.80 bits per heavy atom. The van der Waals surface area contributed by atoms with E-state index < -0.39 is 229 Å². The van der Waals surface area contributed by atoms with E-state index in [1.807, 2.05) is 27.7 Å². The van der Waals surface area contributed by atoms with Crippen molar-refractivity contribution in [2.75, 3.05) is 94.3 Å². The second kappa shape index (κ2) is 37.7. The third-order valence-electron chi connectivity index (χ3n) is 26.0. The SMILES string of the molecule is CCO[C@@H]1C[C@H]2C(=O)NC3(CCC3)C(=O)N(C)[C@@H](C3CCCC3)C(=O)N(C)[C@H](C(=O)N3CCOCC3)CC(=O)N(C)[C@@H](CC(C)C)C(=O)N[C@@H]([C@@H](C)CC)C(=O)N3CC[C@H]3C(=O)N(C)[C@H]3C[C@@H](C)CCN(C3=O)[C@@H](CC3CCC(C(F)(F)F)CC3)C(=O)N(C)CC(=O)N[C@@H](CCC3CC(F)C(C(F)(F)F)C(F)C3)C(=O)N2C1. The third kappa shape index (κ3) is 20.4. The number of likely N-dealkylation sites (N-methyl/N-ethyl adjacent to an activating group) is 5. The highest BCUT2D eigenvalue weighted by Gasteiger charge is 2.57. The number of alkyl halides is 8. The van der Waals surface area contributed by atoms with E-state index in [9.17, 15) is 31.1 Å². The second-order valence-corrected chi connectivity index (χ2v) is 34.1. The predicted molar refractivity (Wildman–Crippen MR) is 392 cm³/mol. The molecule has 26 nitrogen and oxygen atoms in total. The maximum absolute atomic E-state index is 15.8. The number of amides is 12. The normalized spacial score (nSPS) is 33.6. The van der Waals surface area contributed by atoms with Crippen molar-refractivity contribution in [2.24, 2.45) is 47.3 Å². The smallest absolute Gasteiger partial charge is 0.378 e. The van der Waals surface area contributed by atoms with Crippen LogP contribution in [0.4, 0.5) is 35.1 Å². The number of hydrogen-bond donors (Lipinski definition) is 3. The fourth-order valence-corrected chi connectivity index (χ4v) is 18.7. The van der Waals surface area contributed by atoms with Crippen LogP contribution in [0.5, 0.6) is 0 Å². The number of rotatable bonds is 13. The summed E-state index contributed by atoms with van der Waals surface area (Å²) in [7, 11) is 6.84. The van der Waals surface area contributed by atoms with Gasteiger partial charge in [0.1, 0.15) is 78.2 Å². The highest BCUT2D eigenvalue weighted by Crippen LogP contribution is 2.46. The number of carbonyl (C=O) groups excluding carboxylic acids is 12.